The number of benzene rings is 1. The fraction of sp³-hybridized carbons (Fsp3) is 0.364. The molecule has 1 aliphatic carbocycles. The van der Waals surface area contributed by atoms with Crippen molar-refractivity contribution in [1.29, 1.82) is 0 Å². The van der Waals surface area contributed by atoms with E-state index in [0.29, 0.717) is 5.56 Å². The number of carbonyl (C=O) groups excluding carboxylic acids is 2. The molecule has 9 heteroatoms. The topological polar surface area (TPSA) is 94.7 Å². The van der Waals surface area contributed by atoms with Crippen LogP contribution in [-0.2, 0) is 11.3 Å². The molecule has 2 aromatic heterocycles. The van der Waals surface area contributed by atoms with Crippen LogP contribution in [0.5, 0.6) is 0 Å². The summed E-state index contributed by atoms with van der Waals surface area (Å²) in [5.74, 6) is -1.49. The zero-order valence-electron chi connectivity index (χ0n) is 17.1. The summed E-state index contributed by atoms with van der Waals surface area (Å²) in [6, 6.07) is 7.24. The lowest BCUT2D eigenvalue weighted by Gasteiger charge is -2.16. The van der Waals surface area contributed by atoms with E-state index in [2.05, 4.69) is 10.4 Å². The Morgan fingerprint density at radius 2 is 2.03 bits per heavy atom. The standard InChI is InChI=1S/C22H23FN4O4/c1-2-31-22(30)17-11-18-21(29)26(12-14-6-5-7-15(23)10-14)19(13-27(18)25-17)20(28)24-16-8-3-4-9-16/h5-7,10-11,13,16H,2-4,8-9,12H2,1H3,(H,24,28). The van der Waals surface area contributed by atoms with Crippen LogP contribution in [0, 0.1) is 5.82 Å². The maximum atomic E-state index is 13.7. The van der Waals surface area contributed by atoms with Crippen molar-refractivity contribution in [3.63, 3.8) is 0 Å². The molecule has 3 aromatic rings. The molecular weight excluding hydrogens is 403 g/mol. The lowest BCUT2D eigenvalue weighted by molar-refractivity contribution is 0.0519. The molecule has 1 amide bonds. The number of fused-ring (bicyclic) bond motifs is 1. The molecule has 4 rings (SSSR count). The maximum absolute atomic E-state index is 13.7. The Morgan fingerprint density at radius 1 is 1.26 bits per heavy atom. The van der Waals surface area contributed by atoms with Crippen LogP contribution >= 0.6 is 0 Å². The SMILES string of the molecule is CCOC(=O)c1cc2c(=O)n(Cc3cccc(F)c3)c(C(=O)NC3CCCC3)cn2n1. The summed E-state index contributed by atoms with van der Waals surface area (Å²) < 4.78 is 21.1. The van der Waals surface area contributed by atoms with Crippen molar-refractivity contribution >= 4 is 17.4 Å². The molecular formula is C22H23FN4O4. The fourth-order valence-corrected chi connectivity index (χ4v) is 3.88. The first-order chi connectivity index (χ1) is 15.0. The lowest BCUT2D eigenvalue weighted by Crippen LogP contribution is -2.38. The first-order valence-electron chi connectivity index (χ1n) is 10.3. The molecule has 31 heavy (non-hydrogen) atoms. The second kappa shape index (κ2) is 8.71. The van der Waals surface area contributed by atoms with Crippen LogP contribution in [0.3, 0.4) is 0 Å². The van der Waals surface area contributed by atoms with E-state index in [9.17, 15) is 18.8 Å². The molecule has 1 fully saturated rings. The van der Waals surface area contributed by atoms with Gasteiger partial charge in [0, 0.05) is 12.1 Å². The minimum atomic E-state index is -0.653. The van der Waals surface area contributed by atoms with Gasteiger partial charge >= 0.3 is 5.97 Å². The normalized spacial score (nSPS) is 14.1. The van der Waals surface area contributed by atoms with E-state index >= 15 is 0 Å². The summed E-state index contributed by atoms with van der Waals surface area (Å²) in [6.45, 7) is 1.84. The Hall–Kier alpha value is -3.49. The molecule has 0 radical (unpaired) electrons. The molecule has 0 spiro atoms. The summed E-state index contributed by atoms with van der Waals surface area (Å²) in [6.07, 6.45) is 5.28. The number of amides is 1. The van der Waals surface area contributed by atoms with Crippen LogP contribution in [0.1, 0.15) is 59.1 Å². The molecule has 0 aliphatic heterocycles. The Balaban J connectivity index is 1.80. The third-order valence-electron chi connectivity index (χ3n) is 5.37. The number of ether oxygens (including phenoxy) is 1. The van der Waals surface area contributed by atoms with Crippen molar-refractivity contribution in [3.8, 4) is 0 Å². The second-order valence-corrected chi connectivity index (χ2v) is 7.57. The van der Waals surface area contributed by atoms with Gasteiger partial charge in [0.05, 0.1) is 19.3 Å². The smallest absolute Gasteiger partial charge is 0.358 e. The predicted octanol–water partition coefficient (Wildman–Crippen LogP) is 2.53. The molecule has 0 atom stereocenters. The molecule has 0 unspecified atom stereocenters. The highest BCUT2D eigenvalue weighted by molar-refractivity contribution is 5.93. The average Bonchev–Trinajstić information content (AvgIpc) is 3.40. The number of rotatable bonds is 6. The molecule has 0 bridgehead atoms. The van der Waals surface area contributed by atoms with Gasteiger partial charge in [-0.3, -0.25) is 14.2 Å². The monoisotopic (exact) mass is 426 g/mol. The number of esters is 1. The van der Waals surface area contributed by atoms with Gasteiger partial charge < -0.3 is 10.1 Å². The number of nitrogens with one attached hydrogen (secondary N) is 1. The molecule has 1 saturated carbocycles. The van der Waals surface area contributed by atoms with Gasteiger partial charge in [0.1, 0.15) is 17.0 Å². The molecule has 1 aliphatic rings. The minimum Gasteiger partial charge on any atom is -0.461 e. The van der Waals surface area contributed by atoms with Crippen molar-refractivity contribution in [2.75, 3.05) is 6.61 Å². The Labute approximate surface area is 177 Å². The first-order valence-corrected chi connectivity index (χ1v) is 10.3. The fourth-order valence-electron chi connectivity index (χ4n) is 3.88. The largest absolute Gasteiger partial charge is 0.461 e. The minimum absolute atomic E-state index is 0.000430. The van der Waals surface area contributed by atoms with Crippen LogP contribution in [-0.4, -0.2) is 38.7 Å². The van der Waals surface area contributed by atoms with Crippen molar-refractivity contribution < 1.29 is 18.7 Å². The molecule has 1 N–H and O–H groups in total. The molecule has 1 aromatic carbocycles. The van der Waals surface area contributed by atoms with E-state index in [1.165, 1.54) is 33.5 Å². The number of carbonyl (C=O) groups is 2. The summed E-state index contributed by atoms with van der Waals surface area (Å²) in [5.41, 5.74) is 0.214. The predicted molar refractivity (Wildman–Crippen MR) is 111 cm³/mol. The van der Waals surface area contributed by atoms with Gasteiger partial charge in [-0.25, -0.2) is 13.7 Å². The third kappa shape index (κ3) is 4.35. The van der Waals surface area contributed by atoms with E-state index < -0.39 is 23.3 Å². The van der Waals surface area contributed by atoms with Gasteiger partial charge in [-0.15, -0.1) is 0 Å². The van der Waals surface area contributed by atoms with E-state index in [1.54, 1.807) is 19.1 Å². The van der Waals surface area contributed by atoms with Crippen LogP contribution in [0.2, 0.25) is 0 Å². The van der Waals surface area contributed by atoms with E-state index in [4.69, 9.17) is 4.74 Å². The van der Waals surface area contributed by atoms with Gasteiger partial charge in [0.25, 0.3) is 11.5 Å². The first kappa shape index (κ1) is 20.8. The summed E-state index contributed by atoms with van der Waals surface area (Å²) in [7, 11) is 0. The summed E-state index contributed by atoms with van der Waals surface area (Å²) in [4.78, 5) is 38.4. The Morgan fingerprint density at radius 3 is 2.74 bits per heavy atom. The zero-order valence-corrected chi connectivity index (χ0v) is 17.1. The van der Waals surface area contributed by atoms with Gasteiger partial charge in [-0.2, -0.15) is 5.10 Å². The average molecular weight is 426 g/mol. The Kier molecular flexibility index (Phi) is 5.83. The van der Waals surface area contributed by atoms with Gasteiger partial charge in [0.15, 0.2) is 5.69 Å². The molecule has 0 saturated heterocycles. The second-order valence-electron chi connectivity index (χ2n) is 7.57. The van der Waals surface area contributed by atoms with Crippen LogP contribution in [0.4, 0.5) is 4.39 Å². The zero-order chi connectivity index (χ0) is 22.0. The maximum Gasteiger partial charge on any atom is 0.358 e. The van der Waals surface area contributed by atoms with Crippen molar-refractivity contribution in [1.82, 2.24) is 19.5 Å². The van der Waals surface area contributed by atoms with E-state index in [0.717, 1.165) is 25.7 Å². The Bertz CT molecular complexity index is 1190. The summed E-state index contributed by atoms with van der Waals surface area (Å²) >= 11 is 0. The van der Waals surface area contributed by atoms with Crippen LogP contribution < -0.4 is 10.9 Å². The molecule has 162 valence electrons. The summed E-state index contributed by atoms with van der Waals surface area (Å²) in [5, 5.41) is 7.09. The molecule has 2 heterocycles. The quantitative estimate of drug-likeness (QED) is 0.612. The number of aromatic nitrogens is 3. The van der Waals surface area contributed by atoms with Gasteiger partial charge in [-0.05, 0) is 37.5 Å². The van der Waals surface area contributed by atoms with Crippen LogP contribution in [0.25, 0.3) is 5.52 Å². The third-order valence-corrected chi connectivity index (χ3v) is 5.37. The van der Waals surface area contributed by atoms with E-state index in [-0.39, 0.29) is 36.1 Å². The molecule has 8 nitrogen and oxygen atoms in total. The highest BCUT2D eigenvalue weighted by Crippen LogP contribution is 2.18. The van der Waals surface area contributed by atoms with Crippen LogP contribution in [0.15, 0.2) is 41.3 Å². The van der Waals surface area contributed by atoms with Crippen molar-refractivity contribution in [2.45, 2.75) is 45.2 Å². The van der Waals surface area contributed by atoms with Gasteiger partial charge in [0.2, 0.25) is 0 Å². The van der Waals surface area contributed by atoms with E-state index in [1.807, 2.05) is 0 Å². The van der Waals surface area contributed by atoms with Gasteiger partial charge in [-0.1, -0.05) is 25.0 Å². The highest BCUT2D eigenvalue weighted by Gasteiger charge is 2.23. The number of hydrogen-bond donors (Lipinski definition) is 1. The highest BCUT2D eigenvalue weighted by atomic mass is 19.1. The lowest BCUT2D eigenvalue weighted by atomic mass is 10.2. The van der Waals surface area contributed by atoms with Crippen molar-refractivity contribution in [2.24, 2.45) is 0 Å². The number of nitrogens with zero attached hydrogens (tertiary/aromatic N) is 3. The number of hydrogen-bond acceptors (Lipinski definition) is 5. The number of halogens is 1. The van der Waals surface area contributed by atoms with Crippen molar-refractivity contribution in [3.05, 3.63) is 69.7 Å².